The molecule has 0 aliphatic heterocycles. The molecular formula is C18H21ClN2O. The summed E-state index contributed by atoms with van der Waals surface area (Å²) in [5.41, 5.74) is 1.56. The van der Waals surface area contributed by atoms with Gasteiger partial charge >= 0.3 is 0 Å². The van der Waals surface area contributed by atoms with Gasteiger partial charge in [-0.2, -0.15) is 0 Å². The van der Waals surface area contributed by atoms with Crippen LogP contribution >= 0.6 is 11.6 Å². The molecule has 22 heavy (non-hydrogen) atoms. The van der Waals surface area contributed by atoms with Crippen molar-refractivity contribution in [1.29, 1.82) is 0 Å². The molecule has 0 saturated heterocycles. The molecule has 116 valence electrons. The van der Waals surface area contributed by atoms with E-state index in [4.69, 9.17) is 11.6 Å². The van der Waals surface area contributed by atoms with Crippen LogP contribution in [0.2, 0.25) is 5.02 Å². The van der Waals surface area contributed by atoms with Gasteiger partial charge in [-0.3, -0.25) is 9.78 Å². The van der Waals surface area contributed by atoms with Gasteiger partial charge < -0.3 is 5.32 Å². The molecule has 4 heteroatoms. The van der Waals surface area contributed by atoms with Crippen LogP contribution in [0.25, 0.3) is 0 Å². The van der Waals surface area contributed by atoms with Gasteiger partial charge in [-0.1, -0.05) is 29.8 Å². The highest BCUT2D eigenvalue weighted by atomic mass is 35.5. The van der Waals surface area contributed by atoms with E-state index in [1.165, 1.54) is 0 Å². The maximum atomic E-state index is 12.7. The number of halogens is 1. The summed E-state index contributed by atoms with van der Waals surface area (Å²) in [4.78, 5) is 17.0. The third-order valence-corrected chi connectivity index (χ3v) is 3.48. The van der Waals surface area contributed by atoms with Gasteiger partial charge in [-0.05, 0) is 50.6 Å². The summed E-state index contributed by atoms with van der Waals surface area (Å²) >= 11 is 5.95. The lowest BCUT2D eigenvalue weighted by Gasteiger charge is -2.25. The number of carbonyl (C=O) groups excluding carboxylic acids is 1. The number of carbonyl (C=O) groups is 1. The Morgan fingerprint density at radius 1 is 1.18 bits per heavy atom. The second-order valence-corrected chi connectivity index (χ2v) is 6.81. The number of amides is 1. The number of rotatable bonds is 4. The van der Waals surface area contributed by atoms with Gasteiger partial charge in [0, 0.05) is 28.9 Å². The molecule has 3 nitrogen and oxygen atoms in total. The van der Waals surface area contributed by atoms with E-state index in [0.29, 0.717) is 11.4 Å². The molecule has 2 rings (SSSR count). The number of pyridine rings is 1. The monoisotopic (exact) mass is 316 g/mol. The second-order valence-electron chi connectivity index (χ2n) is 6.37. The van der Waals surface area contributed by atoms with E-state index in [1.807, 2.05) is 63.2 Å². The molecule has 1 aromatic heterocycles. The Balaban J connectivity index is 2.27. The first-order chi connectivity index (χ1) is 10.3. The number of benzene rings is 1. The maximum Gasteiger partial charge on any atom is 0.228 e. The van der Waals surface area contributed by atoms with Crippen molar-refractivity contribution in [1.82, 2.24) is 10.3 Å². The van der Waals surface area contributed by atoms with Crippen LogP contribution in [0.1, 0.15) is 37.9 Å². The molecule has 2 aromatic rings. The largest absolute Gasteiger partial charge is 0.351 e. The van der Waals surface area contributed by atoms with Crippen LogP contribution in [-0.4, -0.2) is 16.4 Å². The lowest BCUT2D eigenvalue weighted by molar-refractivity contribution is -0.124. The first kappa shape index (κ1) is 16.5. The Labute approximate surface area is 136 Å². The molecule has 1 atom stereocenters. The van der Waals surface area contributed by atoms with Gasteiger partial charge in [0.05, 0.1) is 5.92 Å². The molecule has 0 aliphatic rings. The normalized spacial score (nSPS) is 12.7. The third kappa shape index (κ3) is 4.85. The number of nitrogens with one attached hydrogen (secondary N) is 1. The van der Waals surface area contributed by atoms with E-state index in [1.54, 1.807) is 6.20 Å². The molecule has 1 unspecified atom stereocenters. The second kappa shape index (κ2) is 6.93. The average Bonchev–Trinajstić information content (AvgIpc) is 2.45. The van der Waals surface area contributed by atoms with E-state index in [-0.39, 0.29) is 17.4 Å². The third-order valence-electron chi connectivity index (χ3n) is 3.23. The van der Waals surface area contributed by atoms with Crippen molar-refractivity contribution in [3.63, 3.8) is 0 Å². The van der Waals surface area contributed by atoms with Gasteiger partial charge in [0.25, 0.3) is 0 Å². The van der Waals surface area contributed by atoms with E-state index in [0.717, 1.165) is 11.3 Å². The van der Waals surface area contributed by atoms with Gasteiger partial charge in [-0.25, -0.2) is 0 Å². The molecule has 1 aromatic carbocycles. The van der Waals surface area contributed by atoms with Crippen LogP contribution in [0.4, 0.5) is 0 Å². The molecule has 0 fully saturated rings. The quantitative estimate of drug-likeness (QED) is 0.927. The van der Waals surface area contributed by atoms with Crippen molar-refractivity contribution in [2.24, 2.45) is 0 Å². The van der Waals surface area contributed by atoms with Crippen molar-refractivity contribution < 1.29 is 4.79 Å². The SMILES string of the molecule is CC(C)(C)NC(=O)C(Cc1ccccn1)c1ccc(Cl)cc1. The first-order valence-corrected chi connectivity index (χ1v) is 7.70. The molecule has 1 heterocycles. The van der Waals surface area contributed by atoms with Gasteiger partial charge in [-0.15, -0.1) is 0 Å². The van der Waals surface area contributed by atoms with Crippen LogP contribution in [-0.2, 0) is 11.2 Å². The molecule has 0 bridgehead atoms. The lowest BCUT2D eigenvalue weighted by Crippen LogP contribution is -2.43. The summed E-state index contributed by atoms with van der Waals surface area (Å²) < 4.78 is 0. The Kier molecular flexibility index (Phi) is 5.19. The van der Waals surface area contributed by atoms with Crippen LogP contribution in [0.5, 0.6) is 0 Å². The fourth-order valence-electron chi connectivity index (χ4n) is 2.24. The van der Waals surface area contributed by atoms with Crippen molar-refractivity contribution in [3.8, 4) is 0 Å². The highest BCUT2D eigenvalue weighted by molar-refractivity contribution is 6.30. The summed E-state index contributed by atoms with van der Waals surface area (Å²) in [5.74, 6) is -0.285. The van der Waals surface area contributed by atoms with E-state index < -0.39 is 0 Å². The van der Waals surface area contributed by atoms with E-state index in [2.05, 4.69) is 10.3 Å². The Morgan fingerprint density at radius 2 is 1.86 bits per heavy atom. The van der Waals surface area contributed by atoms with Crippen molar-refractivity contribution in [2.75, 3.05) is 0 Å². The molecular weight excluding hydrogens is 296 g/mol. The molecule has 1 amide bonds. The van der Waals surface area contributed by atoms with Crippen LogP contribution in [0, 0.1) is 0 Å². The Hall–Kier alpha value is -1.87. The van der Waals surface area contributed by atoms with Gasteiger partial charge in [0.2, 0.25) is 5.91 Å². The smallest absolute Gasteiger partial charge is 0.228 e. The zero-order valence-electron chi connectivity index (χ0n) is 13.1. The minimum absolute atomic E-state index is 0.000440. The first-order valence-electron chi connectivity index (χ1n) is 7.32. The molecule has 0 saturated carbocycles. The number of hydrogen-bond acceptors (Lipinski definition) is 2. The Morgan fingerprint density at radius 3 is 2.41 bits per heavy atom. The number of nitrogens with zero attached hydrogens (tertiary/aromatic N) is 1. The van der Waals surface area contributed by atoms with Crippen molar-refractivity contribution in [2.45, 2.75) is 38.6 Å². The predicted octanol–water partition coefficient (Wildman–Crippen LogP) is 3.98. The minimum atomic E-state index is -0.286. The van der Waals surface area contributed by atoms with Crippen LogP contribution < -0.4 is 5.32 Å². The van der Waals surface area contributed by atoms with E-state index in [9.17, 15) is 4.79 Å². The van der Waals surface area contributed by atoms with Gasteiger partial charge in [0.1, 0.15) is 0 Å². The van der Waals surface area contributed by atoms with Crippen molar-refractivity contribution in [3.05, 3.63) is 64.9 Å². The summed E-state index contributed by atoms with van der Waals surface area (Å²) in [6.07, 6.45) is 2.31. The highest BCUT2D eigenvalue weighted by Gasteiger charge is 2.25. The predicted molar refractivity (Wildman–Crippen MR) is 90.0 cm³/mol. The highest BCUT2D eigenvalue weighted by Crippen LogP contribution is 2.23. The molecule has 1 N–H and O–H groups in total. The summed E-state index contributed by atoms with van der Waals surface area (Å²) in [7, 11) is 0. The average molecular weight is 317 g/mol. The van der Waals surface area contributed by atoms with Gasteiger partial charge in [0.15, 0.2) is 0 Å². The summed E-state index contributed by atoms with van der Waals surface area (Å²) in [6, 6.07) is 13.2. The summed E-state index contributed by atoms with van der Waals surface area (Å²) in [6.45, 7) is 5.93. The number of aromatic nitrogens is 1. The maximum absolute atomic E-state index is 12.7. The minimum Gasteiger partial charge on any atom is -0.351 e. The Bertz CT molecular complexity index is 618. The fraction of sp³-hybridized carbons (Fsp3) is 0.333. The van der Waals surface area contributed by atoms with Crippen LogP contribution in [0.15, 0.2) is 48.7 Å². The fourth-order valence-corrected chi connectivity index (χ4v) is 2.37. The van der Waals surface area contributed by atoms with Crippen molar-refractivity contribution >= 4 is 17.5 Å². The lowest BCUT2D eigenvalue weighted by atomic mass is 9.92. The van der Waals surface area contributed by atoms with Crippen LogP contribution in [0.3, 0.4) is 0 Å². The standard InChI is InChI=1S/C18H21ClN2O/c1-18(2,3)21-17(22)16(12-15-6-4-5-11-20-15)13-7-9-14(19)10-8-13/h4-11,16H,12H2,1-3H3,(H,21,22). The number of hydrogen-bond donors (Lipinski definition) is 1. The molecule has 0 spiro atoms. The zero-order valence-corrected chi connectivity index (χ0v) is 13.9. The van der Waals surface area contributed by atoms with E-state index >= 15 is 0 Å². The summed E-state index contributed by atoms with van der Waals surface area (Å²) in [5, 5.41) is 3.72. The molecule has 0 aliphatic carbocycles. The zero-order chi connectivity index (χ0) is 16.2. The molecule has 0 radical (unpaired) electrons. The topological polar surface area (TPSA) is 42.0 Å².